The van der Waals surface area contributed by atoms with E-state index in [2.05, 4.69) is 86.7 Å². The van der Waals surface area contributed by atoms with Crippen LogP contribution >= 0.6 is 0 Å². The van der Waals surface area contributed by atoms with Crippen molar-refractivity contribution in [1.82, 2.24) is 0 Å². The summed E-state index contributed by atoms with van der Waals surface area (Å²) in [6, 6.07) is 17.0. The van der Waals surface area contributed by atoms with Gasteiger partial charge in [0.25, 0.3) is 0 Å². The van der Waals surface area contributed by atoms with E-state index in [0.717, 1.165) is 0 Å². The maximum Gasteiger partial charge on any atom is -0.0254 e. The lowest BCUT2D eigenvalue weighted by Gasteiger charge is -1.95. The smallest absolute Gasteiger partial charge is 0.0254 e. The minimum atomic E-state index is 1.24. The van der Waals surface area contributed by atoms with Crippen molar-refractivity contribution >= 4 is 12.2 Å². The molecule has 0 heteroatoms. The zero-order valence-electron chi connectivity index (χ0n) is 10.9. The average Bonchev–Trinajstić information content (AvgIpc) is 2.35. The highest BCUT2D eigenvalue weighted by Crippen LogP contribution is 2.08. The first-order chi connectivity index (χ1) is 8.74. The van der Waals surface area contributed by atoms with Gasteiger partial charge in [0, 0.05) is 0 Å². The van der Waals surface area contributed by atoms with Gasteiger partial charge in [0.1, 0.15) is 0 Å². The van der Waals surface area contributed by atoms with Gasteiger partial charge in [-0.25, -0.2) is 0 Å². The van der Waals surface area contributed by atoms with Gasteiger partial charge in [-0.3, -0.25) is 0 Å². The van der Waals surface area contributed by atoms with Crippen LogP contribution in [0.3, 0.4) is 0 Å². The van der Waals surface area contributed by atoms with E-state index in [-0.39, 0.29) is 0 Å². The SMILES string of the molecule is Cc1cccc(/C=C/C=C/c2cccc(C)c2)c1. The summed E-state index contributed by atoms with van der Waals surface area (Å²) < 4.78 is 0. The summed E-state index contributed by atoms with van der Waals surface area (Å²) in [6.45, 7) is 4.22. The number of rotatable bonds is 3. The zero-order chi connectivity index (χ0) is 12.8. The normalized spacial score (nSPS) is 11.4. The summed E-state index contributed by atoms with van der Waals surface area (Å²) in [5.41, 5.74) is 5.06. The third kappa shape index (κ3) is 3.74. The van der Waals surface area contributed by atoms with E-state index in [9.17, 15) is 0 Å². The molecule has 0 heterocycles. The minimum Gasteiger partial charge on any atom is -0.0617 e. The molecule has 0 spiro atoms. The maximum atomic E-state index is 2.18. The Morgan fingerprint density at radius 1 is 0.667 bits per heavy atom. The molecule has 0 amide bonds. The number of hydrogen-bond donors (Lipinski definition) is 0. The van der Waals surface area contributed by atoms with Gasteiger partial charge in [-0.1, -0.05) is 84.0 Å². The van der Waals surface area contributed by atoms with Crippen LogP contribution in [0.1, 0.15) is 22.3 Å². The van der Waals surface area contributed by atoms with E-state index >= 15 is 0 Å². The lowest BCUT2D eigenvalue weighted by molar-refractivity contribution is 1.46. The van der Waals surface area contributed by atoms with Gasteiger partial charge >= 0.3 is 0 Å². The molecule has 0 aliphatic heterocycles. The van der Waals surface area contributed by atoms with Crippen LogP contribution in [0.2, 0.25) is 0 Å². The molecule has 0 saturated heterocycles. The van der Waals surface area contributed by atoms with E-state index in [1.807, 2.05) is 0 Å². The molecule has 0 bridgehead atoms. The van der Waals surface area contributed by atoms with Gasteiger partial charge in [0.2, 0.25) is 0 Å². The van der Waals surface area contributed by atoms with Crippen molar-refractivity contribution in [1.29, 1.82) is 0 Å². The van der Waals surface area contributed by atoms with Gasteiger partial charge in [-0.15, -0.1) is 0 Å². The highest BCUT2D eigenvalue weighted by atomic mass is 13.9. The van der Waals surface area contributed by atoms with Crippen LogP contribution in [0.15, 0.2) is 60.7 Å². The molecule has 2 rings (SSSR count). The van der Waals surface area contributed by atoms with Crippen LogP contribution in [-0.2, 0) is 0 Å². The molecule has 0 nitrogen and oxygen atoms in total. The summed E-state index contributed by atoms with van der Waals surface area (Å²) in [4.78, 5) is 0. The van der Waals surface area contributed by atoms with Crippen LogP contribution < -0.4 is 0 Å². The Hall–Kier alpha value is -2.08. The highest BCUT2D eigenvalue weighted by Gasteiger charge is 1.87. The Bertz CT molecular complexity index is 521. The fourth-order valence-corrected chi connectivity index (χ4v) is 1.88. The third-order valence-corrected chi connectivity index (χ3v) is 2.77. The molecule has 0 radical (unpaired) electrons. The molecular formula is C18H18. The summed E-state index contributed by atoms with van der Waals surface area (Å²) in [5, 5.41) is 0. The molecular weight excluding hydrogens is 216 g/mol. The molecule has 0 atom stereocenters. The van der Waals surface area contributed by atoms with E-state index in [1.165, 1.54) is 22.3 Å². The first-order valence-electron chi connectivity index (χ1n) is 6.22. The van der Waals surface area contributed by atoms with Gasteiger partial charge in [-0.05, 0) is 25.0 Å². The number of aryl methyl sites for hydroxylation is 2. The molecule has 0 aliphatic carbocycles. The monoisotopic (exact) mass is 234 g/mol. The number of benzene rings is 2. The predicted molar refractivity (Wildman–Crippen MR) is 80.4 cm³/mol. The fourth-order valence-electron chi connectivity index (χ4n) is 1.88. The van der Waals surface area contributed by atoms with Gasteiger partial charge in [-0.2, -0.15) is 0 Å². The van der Waals surface area contributed by atoms with E-state index in [0.29, 0.717) is 0 Å². The molecule has 0 unspecified atom stereocenters. The first-order valence-corrected chi connectivity index (χ1v) is 6.22. The van der Waals surface area contributed by atoms with Crippen molar-refractivity contribution in [3.63, 3.8) is 0 Å². The molecule has 2 aromatic carbocycles. The molecule has 0 aliphatic rings. The van der Waals surface area contributed by atoms with E-state index in [1.54, 1.807) is 0 Å². The quantitative estimate of drug-likeness (QED) is 0.653. The topological polar surface area (TPSA) is 0 Å². The van der Waals surface area contributed by atoms with Crippen molar-refractivity contribution in [3.05, 3.63) is 82.9 Å². The zero-order valence-corrected chi connectivity index (χ0v) is 10.9. The lowest BCUT2D eigenvalue weighted by atomic mass is 10.1. The van der Waals surface area contributed by atoms with Gasteiger partial charge in [0.15, 0.2) is 0 Å². The Morgan fingerprint density at radius 3 is 1.50 bits per heavy atom. The fraction of sp³-hybridized carbons (Fsp3) is 0.111. The number of allylic oxidation sites excluding steroid dienone is 2. The Kier molecular flexibility index (Phi) is 4.14. The second kappa shape index (κ2) is 6.02. The van der Waals surface area contributed by atoms with Gasteiger partial charge < -0.3 is 0 Å². The third-order valence-electron chi connectivity index (χ3n) is 2.77. The molecule has 18 heavy (non-hydrogen) atoms. The van der Waals surface area contributed by atoms with E-state index in [4.69, 9.17) is 0 Å². The van der Waals surface area contributed by atoms with E-state index < -0.39 is 0 Å². The Labute approximate surface area is 109 Å². The highest BCUT2D eigenvalue weighted by molar-refractivity contribution is 5.57. The van der Waals surface area contributed by atoms with Crippen molar-refractivity contribution in [2.24, 2.45) is 0 Å². The second-order valence-electron chi connectivity index (χ2n) is 4.55. The van der Waals surface area contributed by atoms with Gasteiger partial charge in [0.05, 0.1) is 0 Å². The Morgan fingerprint density at radius 2 is 1.11 bits per heavy atom. The summed E-state index contributed by atoms with van der Waals surface area (Å²) in [7, 11) is 0. The predicted octanol–water partition coefficient (Wildman–Crippen LogP) is 5.03. The molecule has 0 saturated carbocycles. The van der Waals surface area contributed by atoms with Crippen LogP contribution in [0.25, 0.3) is 12.2 Å². The van der Waals surface area contributed by atoms with Crippen molar-refractivity contribution in [2.75, 3.05) is 0 Å². The summed E-state index contributed by atoms with van der Waals surface area (Å²) in [6.07, 6.45) is 8.41. The van der Waals surface area contributed by atoms with Crippen LogP contribution in [0.5, 0.6) is 0 Å². The standard InChI is InChI=1S/C18H18/c1-15-7-5-11-17(13-15)9-3-4-10-18-12-6-8-16(2)14-18/h3-14H,1-2H3/b9-3+,10-4+. The van der Waals surface area contributed by atoms with Crippen LogP contribution in [-0.4, -0.2) is 0 Å². The molecule has 0 aromatic heterocycles. The summed E-state index contributed by atoms with van der Waals surface area (Å²) >= 11 is 0. The van der Waals surface area contributed by atoms with Crippen molar-refractivity contribution < 1.29 is 0 Å². The minimum absolute atomic E-state index is 1.24. The summed E-state index contributed by atoms with van der Waals surface area (Å²) in [5.74, 6) is 0. The maximum absolute atomic E-state index is 2.18. The second-order valence-corrected chi connectivity index (χ2v) is 4.55. The van der Waals surface area contributed by atoms with Crippen LogP contribution in [0.4, 0.5) is 0 Å². The lowest BCUT2D eigenvalue weighted by Crippen LogP contribution is -1.74. The molecule has 0 N–H and O–H groups in total. The number of hydrogen-bond acceptors (Lipinski definition) is 0. The molecule has 0 fully saturated rings. The molecule has 90 valence electrons. The molecule has 2 aromatic rings. The largest absolute Gasteiger partial charge is 0.0617 e. The van der Waals surface area contributed by atoms with Crippen LogP contribution in [0, 0.1) is 13.8 Å². The first kappa shape index (κ1) is 12.4. The Balaban J connectivity index is 2.03. The average molecular weight is 234 g/mol. The van der Waals surface area contributed by atoms with Crippen molar-refractivity contribution in [2.45, 2.75) is 13.8 Å². The van der Waals surface area contributed by atoms with Crippen molar-refractivity contribution in [3.8, 4) is 0 Å².